The third-order valence-corrected chi connectivity index (χ3v) is 3.86. The summed E-state index contributed by atoms with van der Waals surface area (Å²) in [6.07, 6.45) is 0. The highest BCUT2D eigenvalue weighted by molar-refractivity contribution is 7.16. The molecule has 1 aliphatic rings. The van der Waals surface area contributed by atoms with Crippen LogP contribution in [0.3, 0.4) is 0 Å². The van der Waals surface area contributed by atoms with E-state index in [4.69, 9.17) is 11.6 Å². The lowest BCUT2D eigenvalue weighted by atomic mass is 9.96. The zero-order chi connectivity index (χ0) is 9.26. The fourth-order valence-electron chi connectivity index (χ4n) is 1.76. The molecule has 0 unspecified atom stereocenters. The van der Waals surface area contributed by atoms with Gasteiger partial charge in [-0.15, -0.1) is 11.3 Å². The summed E-state index contributed by atoms with van der Waals surface area (Å²) in [4.78, 5) is 1.21. The molecule has 0 saturated carbocycles. The molecule has 1 nitrogen and oxygen atoms in total. The quantitative estimate of drug-likeness (QED) is 0.807. The van der Waals surface area contributed by atoms with Gasteiger partial charge in [-0.3, -0.25) is 4.39 Å². The molecule has 0 amide bonds. The first-order valence-electron chi connectivity index (χ1n) is 4.33. The van der Waals surface area contributed by atoms with Crippen molar-refractivity contribution in [3.05, 3.63) is 21.3 Å². The molecule has 0 bridgehead atoms. The summed E-state index contributed by atoms with van der Waals surface area (Å²) >= 11 is 7.40. The summed E-state index contributed by atoms with van der Waals surface area (Å²) < 4.78 is 13.4. The molecule has 1 aromatic heterocycles. The highest BCUT2D eigenvalue weighted by Crippen LogP contribution is 2.34. The minimum absolute atomic E-state index is 0.134. The Labute approximate surface area is 85.9 Å². The molecule has 0 aromatic carbocycles. The van der Waals surface area contributed by atoms with Gasteiger partial charge >= 0.3 is 0 Å². The van der Waals surface area contributed by atoms with Crippen LogP contribution in [0.5, 0.6) is 0 Å². The van der Waals surface area contributed by atoms with Crippen molar-refractivity contribution in [2.45, 2.75) is 5.92 Å². The number of halogens is 2. The third-order valence-electron chi connectivity index (χ3n) is 2.50. The van der Waals surface area contributed by atoms with Gasteiger partial charge in [0.1, 0.15) is 0 Å². The van der Waals surface area contributed by atoms with Crippen molar-refractivity contribution < 1.29 is 4.39 Å². The molecule has 0 aliphatic carbocycles. The van der Waals surface area contributed by atoms with Crippen LogP contribution in [-0.2, 0) is 0 Å². The molecule has 1 N–H and O–H groups in total. The fraction of sp³-hybridized carbons (Fsp3) is 0.556. The molecule has 4 heteroatoms. The molecule has 13 heavy (non-hydrogen) atoms. The normalized spacial score (nSPS) is 28.2. The number of rotatable bonds is 2. The van der Waals surface area contributed by atoms with Crippen molar-refractivity contribution in [2.24, 2.45) is 5.92 Å². The zero-order valence-electron chi connectivity index (χ0n) is 7.09. The van der Waals surface area contributed by atoms with E-state index in [1.807, 2.05) is 12.1 Å². The van der Waals surface area contributed by atoms with E-state index in [0.29, 0.717) is 5.92 Å². The standard InChI is InChI=1S/C9H11ClFNS/c10-9-2-1-8(13-9)7-5-12-4-6(7)3-11/h1-2,6-7,12H,3-5H2/t6-,7-/m0/s1. The first kappa shape index (κ1) is 9.44. The fourth-order valence-corrected chi connectivity index (χ4v) is 3.01. The van der Waals surface area contributed by atoms with Gasteiger partial charge in [0, 0.05) is 29.8 Å². The molecule has 1 fully saturated rings. The Morgan fingerprint density at radius 2 is 2.38 bits per heavy atom. The zero-order valence-corrected chi connectivity index (χ0v) is 8.67. The maximum atomic E-state index is 12.6. The highest BCUT2D eigenvalue weighted by atomic mass is 35.5. The van der Waals surface area contributed by atoms with Gasteiger partial charge in [0.25, 0.3) is 0 Å². The molecule has 72 valence electrons. The first-order chi connectivity index (χ1) is 6.31. The Morgan fingerprint density at radius 3 is 3.00 bits per heavy atom. The van der Waals surface area contributed by atoms with Crippen LogP contribution in [-0.4, -0.2) is 19.8 Å². The van der Waals surface area contributed by atoms with Gasteiger partial charge in [0.05, 0.1) is 11.0 Å². The summed E-state index contributed by atoms with van der Waals surface area (Å²) in [6.45, 7) is 1.43. The predicted molar refractivity (Wildman–Crippen MR) is 54.4 cm³/mol. The lowest BCUT2D eigenvalue weighted by molar-refractivity contribution is 0.360. The van der Waals surface area contributed by atoms with Gasteiger partial charge in [-0.05, 0) is 12.1 Å². The molecular formula is C9H11ClFNS. The molecule has 2 atom stereocenters. The number of alkyl halides is 1. The van der Waals surface area contributed by atoms with Crippen LogP contribution in [0, 0.1) is 5.92 Å². The van der Waals surface area contributed by atoms with Crippen molar-refractivity contribution in [1.29, 1.82) is 0 Å². The van der Waals surface area contributed by atoms with E-state index in [2.05, 4.69) is 5.32 Å². The van der Waals surface area contributed by atoms with Crippen LogP contribution < -0.4 is 5.32 Å². The minimum Gasteiger partial charge on any atom is -0.316 e. The maximum Gasteiger partial charge on any atom is 0.0941 e. The van der Waals surface area contributed by atoms with Gasteiger partial charge in [0.2, 0.25) is 0 Å². The van der Waals surface area contributed by atoms with E-state index in [-0.39, 0.29) is 12.6 Å². The van der Waals surface area contributed by atoms with Crippen molar-refractivity contribution in [3.63, 3.8) is 0 Å². The Morgan fingerprint density at radius 1 is 1.54 bits per heavy atom. The lowest BCUT2D eigenvalue weighted by Gasteiger charge is -2.12. The molecule has 0 spiro atoms. The second kappa shape index (κ2) is 3.95. The van der Waals surface area contributed by atoms with Gasteiger partial charge < -0.3 is 5.32 Å². The molecule has 1 aliphatic heterocycles. The second-order valence-corrected chi connectivity index (χ2v) is 5.07. The second-order valence-electron chi connectivity index (χ2n) is 3.32. The van der Waals surface area contributed by atoms with E-state index in [1.54, 1.807) is 11.3 Å². The topological polar surface area (TPSA) is 12.0 Å². The Hall–Kier alpha value is -0.120. The third kappa shape index (κ3) is 1.87. The molecule has 1 aromatic rings. The van der Waals surface area contributed by atoms with Gasteiger partial charge in [0.15, 0.2) is 0 Å². The van der Waals surface area contributed by atoms with E-state index in [0.717, 1.165) is 17.4 Å². The van der Waals surface area contributed by atoms with Crippen molar-refractivity contribution >= 4 is 22.9 Å². The van der Waals surface area contributed by atoms with E-state index >= 15 is 0 Å². The number of thiophene rings is 1. The molecule has 0 radical (unpaired) electrons. The average Bonchev–Trinajstić information content (AvgIpc) is 2.71. The van der Waals surface area contributed by atoms with Crippen molar-refractivity contribution in [2.75, 3.05) is 19.8 Å². The van der Waals surface area contributed by atoms with E-state index in [1.165, 1.54) is 4.88 Å². The monoisotopic (exact) mass is 219 g/mol. The molecule has 2 rings (SSSR count). The Kier molecular flexibility index (Phi) is 2.86. The van der Waals surface area contributed by atoms with Gasteiger partial charge in [-0.2, -0.15) is 0 Å². The molecule has 1 saturated heterocycles. The van der Waals surface area contributed by atoms with Crippen LogP contribution in [0.2, 0.25) is 4.34 Å². The number of nitrogens with one attached hydrogen (secondary N) is 1. The molecule has 2 heterocycles. The van der Waals surface area contributed by atoms with Crippen LogP contribution in [0.4, 0.5) is 4.39 Å². The Bertz CT molecular complexity index is 289. The van der Waals surface area contributed by atoms with Crippen LogP contribution in [0.1, 0.15) is 10.8 Å². The molecular weight excluding hydrogens is 209 g/mol. The van der Waals surface area contributed by atoms with Crippen molar-refractivity contribution in [1.82, 2.24) is 5.32 Å². The van der Waals surface area contributed by atoms with E-state index in [9.17, 15) is 4.39 Å². The van der Waals surface area contributed by atoms with Crippen LogP contribution >= 0.6 is 22.9 Å². The van der Waals surface area contributed by atoms with Crippen LogP contribution in [0.25, 0.3) is 0 Å². The van der Waals surface area contributed by atoms with Gasteiger partial charge in [-0.1, -0.05) is 11.6 Å². The minimum atomic E-state index is -0.243. The lowest BCUT2D eigenvalue weighted by Crippen LogP contribution is -2.11. The van der Waals surface area contributed by atoms with E-state index < -0.39 is 0 Å². The SMILES string of the molecule is FC[C@H]1CNC[C@@H]1c1ccc(Cl)s1. The average molecular weight is 220 g/mol. The van der Waals surface area contributed by atoms with Gasteiger partial charge in [-0.25, -0.2) is 0 Å². The van der Waals surface area contributed by atoms with Crippen LogP contribution in [0.15, 0.2) is 12.1 Å². The highest BCUT2D eigenvalue weighted by Gasteiger charge is 2.29. The van der Waals surface area contributed by atoms with Crippen molar-refractivity contribution in [3.8, 4) is 0 Å². The number of hydrogen-bond acceptors (Lipinski definition) is 2. The first-order valence-corrected chi connectivity index (χ1v) is 5.52. The maximum absolute atomic E-state index is 12.6. The summed E-state index contributed by atoms with van der Waals surface area (Å²) in [7, 11) is 0. The summed E-state index contributed by atoms with van der Waals surface area (Å²) in [5, 5.41) is 3.20. The number of hydrogen-bond donors (Lipinski definition) is 1. The Balaban J connectivity index is 2.15. The smallest absolute Gasteiger partial charge is 0.0941 e. The summed E-state index contributed by atoms with van der Waals surface area (Å²) in [6, 6.07) is 3.89. The summed E-state index contributed by atoms with van der Waals surface area (Å²) in [5.74, 6) is 0.456. The largest absolute Gasteiger partial charge is 0.316 e. The predicted octanol–water partition coefficient (Wildman–Crippen LogP) is 2.67. The summed E-state index contributed by atoms with van der Waals surface area (Å²) in [5.41, 5.74) is 0.